The van der Waals surface area contributed by atoms with Gasteiger partial charge in [0.2, 0.25) is 0 Å². The molecule has 0 heterocycles. The Morgan fingerprint density at radius 1 is 1.09 bits per heavy atom. The van der Waals surface area contributed by atoms with Gasteiger partial charge in [-0.25, -0.2) is 4.79 Å². The lowest BCUT2D eigenvalue weighted by molar-refractivity contribution is 0.0530. The summed E-state index contributed by atoms with van der Waals surface area (Å²) in [6.45, 7) is 15.6. The highest BCUT2D eigenvalue weighted by atomic mass is 16.6. The summed E-state index contributed by atoms with van der Waals surface area (Å²) in [5.41, 5.74) is 3.34. The van der Waals surface area contributed by atoms with E-state index in [0.717, 1.165) is 5.69 Å². The molecule has 4 nitrogen and oxygen atoms in total. The summed E-state index contributed by atoms with van der Waals surface area (Å²) in [6.07, 6.45) is -0.376. The molecule has 0 aromatic heterocycles. The first-order valence-electron chi connectivity index (χ1n) is 8.44. The second-order valence-corrected chi connectivity index (χ2v) is 7.51. The van der Waals surface area contributed by atoms with E-state index in [1.165, 1.54) is 11.1 Å². The van der Waals surface area contributed by atoms with Crippen LogP contribution in [0.2, 0.25) is 0 Å². The molecule has 0 radical (unpaired) electrons. The summed E-state index contributed by atoms with van der Waals surface area (Å²) >= 11 is 0. The fourth-order valence-corrected chi connectivity index (χ4v) is 2.25. The van der Waals surface area contributed by atoms with Gasteiger partial charge in [0.05, 0.1) is 0 Å². The first-order valence-corrected chi connectivity index (χ1v) is 8.44. The van der Waals surface area contributed by atoms with E-state index in [4.69, 9.17) is 4.74 Å². The van der Waals surface area contributed by atoms with Crippen LogP contribution in [0, 0.1) is 0 Å². The molecular weight excluding hydrogens is 288 g/mol. The lowest BCUT2D eigenvalue weighted by Gasteiger charge is -2.20. The lowest BCUT2D eigenvalue weighted by atomic mass is 9.94. The van der Waals surface area contributed by atoms with E-state index < -0.39 is 5.60 Å². The molecule has 1 amide bonds. The van der Waals surface area contributed by atoms with Crippen LogP contribution < -0.4 is 10.6 Å². The normalized spacial score (nSPS) is 11.7. The van der Waals surface area contributed by atoms with Crippen LogP contribution in [0.3, 0.4) is 0 Å². The summed E-state index contributed by atoms with van der Waals surface area (Å²) in [4.78, 5) is 11.6. The molecule has 0 atom stereocenters. The number of nitrogens with one attached hydrogen (secondary N) is 2. The maximum Gasteiger partial charge on any atom is 0.407 e. The van der Waals surface area contributed by atoms with Crippen molar-refractivity contribution in [2.75, 3.05) is 18.4 Å². The van der Waals surface area contributed by atoms with E-state index in [9.17, 15) is 4.79 Å². The van der Waals surface area contributed by atoms with Crippen molar-refractivity contribution in [2.45, 2.75) is 65.9 Å². The SMILES string of the molecule is CC(C)c1ccc(NCCNC(=O)OC(C)(C)C)c(C(C)C)c1. The minimum Gasteiger partial charge on any atom is -0.444 e. The molecule has 130 valence electrons. The van der Waals surface area contributed by atoms with E-state index in [-0.39, 0.29) is 6.09 Å². The van der Waals surface area contributed by atoms with Crippen molar-refractivity contribution in [3.8, 4) is 0 Å². The van der Waals surface area contributed by atoms with Gasteiger partial charge in [-0.1, -0.05) is 39.8 Å². The van der Waals surface area contributed by atoms with Crippen molar-refractivity contribution in [2.24, 2.45) is 0 Å². The summed E-state index contributed by atoms with van der Waals surface area (Å²) in [5, 5.41) is 6.17. The van der Waals surface area contributed by atoms with Crippen molar-refractivity contribution in [1.82, 2.24) is 5.32 Å². The number of anilines is 1. The Morgan fingerprint density at radius 2 is 1.74 bits per heavy atom. The number of ether oxygens (including phenoxy) is 1. The molecule has 0 aliphatic carbocycles. The third-order valence-electron chi connectivity index (χ3n) is 3.47. The van der Waals surface area contributed by atoms with Gasteiger partial charge in [-0.2, -0.15) is 0 Å². The Kier molecular flexibility index (Phi) is 6.92. The number of alkyl carbamates (subject to hydrolysis) is 1. The highest BCUT2D eigenvalue weighted by Crippen LogP contribution is 2.28. The zero-order chi connectivity index (χ0) is 17.6. The fraction of sp³-hybridized carbons (Fsp3) is 0.632. The smallest absolute Gasteiger partial charge is 0.407 e. The van der Waals surface area contributed by atoms with Gasteiger partial charge in [0.25, 0.3) is 0 Å². The van der Waals surface area contributed by atoms with Crippen molar-refractivity contribution in [3.05, 3.63) is 29.3 Å². The van der Waals surface area contributed by atoms with Gasteiger partial charge >= 0.3 is 6.09 Å². The predicted molar refractivity (Wildman–Crippen MR) is 97.3 cm³/mol. The van der Waals surface area contributed by atoms with E-state index in [1.807, 2.05) is 20.8 Å². The van der Waals surface area contributed by atoms with Crippen molar-refractivity contribution in [3.63, 3.8) is 0 Å². The molecule has 0 aliphatic heterocycles. The molecule has 4 heteroatoms. The van der Waals surface area contributed by atoms with Gasteiger partial charge in [0.1, 0.15) is 5.60 Å². The molecule has 0 aliphatic rings. The highest BCUT2D eigenvalue weighted by Gasteiger charge is 2.15. The zero-order valence-electron chi connectivity index (χ0n) is 15.6. The summed E-state index contributed by atoms with van der Waals surface area (Å²) in [6, 6.07) is 6.58. The van der Waals surface area contributed by atoms with Crippen LogP contribution in [0.25, 0.3) is 0 Å². The molecule has 0 spiro atoms. The van der Waals surface area contributed by atoms with Gasteiger partial charge in [-0.15, -0.1) is 0 Å². The van der Waals surface area contributed by atoms with Crippen molar-refractivity contribution in [1.29, 1.82) is 0 Å². The second-order valence-electron chi connectivity index (χ2n) is 7.51. The quantitative estimate of drug-likeness (QED) is 0.735. The summed E-state index contributed by atoms with van der Waals surface area (Å²) in [7, 11) is 0. The van der Waals surface area contributed by atoms with Crippen LogP contribution >= 0.6 is 0 Å². The Balaban J connectivity index is 2.56. The van der Waals surface area contributed by atoms with Crippen LogP contribution in [0.5, 0.6) is 0 Å². The molecule has 1 aromatic carbocycles. The third kappa shape index (κ3) is 6.93. The van der Waals surface area contributed by atoms with Crippen LogP contribution in [-0.2, 0) is 4.74 Å². The predicted octanol–water partition coefficient (Wildman–Crippen LogP) is 4.87. The standard InChI is InChI=1S/C19H32N2O2/c1-13(2)15-8-9-17(16(12-15)14(3)4)20-10-11-21-18(22)23-19(5,6)7/h8-9,12-14,20H,10-11H2,1-7H3,(H,21,22). The molecule has 1 aromatic rings. The van der Waals surface area contributed by atoms with Crippen LogP contribution in [0.15, 0.2) is 18.2 Å². The first kappa shape index (κ1) is 19.3. The molecule has 2 N–H and O–H groups in total. The number of amides is 1. The Hall–Kier alpha value is -1.71. The molecule has 0 fully saturated rings. The van der Waals surface area contributed by atoms with E-state index in [2.05, 4.69) is 56.5 Å². The van der Waals surface area contributed by atoms with E-state index in [1.54, 1.807) is 0 Å². The second kappa shape index (κ2) is 8.23. The zero-order valence-corrected chi connectivity index (χ0v) is 15.6. The third-order valence-corrected chi connectivity index (χ3v) is 3.47. The van der Waals surface area contributed by atoms with Crippen LogP contribution in [-0.4, -0.2) is 24.8 Å². The number of carbonyl (C=O) groups excluding carboxylic acids is 1. The van der Waals surface area contributed by atoms with Crippen LogP contribution in [0.1, 0.15) is 71.4 Å². The first-order chi connectivity index (χ1) is 10.6. The summed E-state index contributed by atoms with van der Waals surface area (Å²) < 4.78 is 5.22. The number of rotatable bonds is 6. The molecule has 0 saturated carbocycles. The average molecular weight is 320 g/mol. The van der Waals surface area contributed by atoms with Gasteiger partial charge in [-0.3, -0.25) is 0 Å². The molecule has 0 saturated heterocycles. The van der Waals surface area contributed by atoms with E-state index >= 15 is 0 Å². The highest BCUT2D eigenvalue weighted by molar-refractivity contribution is 5.67. The minimum atomic E-state index is -0.463. The van der Waals surface area contributed by atoms with Crippen molar-refractivity contribution >= 4 is 11.8 Å². The van der Waals surface area contributed by atoms with Gasteiger partial charge in [-0.05, 0) is 49.8 Å². The Bertz CT molecular complexity index is 517. The van der Waals surface area contributed by atoms with Gasteiger partial charge < -0.3 is 15.4 Å². The number of hydrogen-bond donors (Lipinski definition) is 2. The fourth-order valence-electron chi connectivity index (χ4n) is 2.25. The average Bonchev–Trinajstić information content (AvgIpc) is 2.41. The molecular formula is C19H32N2O2. The molecule has 1 rings (SSSR count). The number of carbonyl (C=O) groups is 1. The largest absolute Gasteiger partial charge is 0.444 e. The Labute approximate surface area is 141 Å². The van der Waals surface area contributed by atoms with E-state index in [0.29, 0.717) is 24.9 Å². The topological polar surface area (TPSA) is 50.4 Å². The monoisotopic (exact) mass is 320 g/mol. The molecule has 23 heavy (non-hydrogen) atoms. The number of hydrogen-bond acceptors (Lipinski definition) is 3. The molecule has 0 bridgehead atoms. The van der Waals surface area contributed by atoms with Crippen LogP contribution in [0.4, 0.5) is 10.5 Å². The maximum atomic E-state index is 11.6. The lowest BCUT2D eigenvalue weighted by Crippen LogP contribution is -2.35. The van der Waals surface area contributed by atoms with Gasteiger partial charge in [0, 0.05) is 18.8 Å². The summed E-state index contributed by atoms with van der Waals surface area (Å²) in [5.74, 6) is 0.977. The maximum absolute atomic E-state index is 11.6. The number of benzene rings is 1. The van der Waals surface area contributed by atoms with Crippen molar-refractivity contribution < 1.29 is 9.53 Å². The van der Waals surface area contributed by atoms with Gasteiger partial charge in [0.15, 0.2) is 0 Å². The molecule has 0 unspecified atom stereocenters. The minimum absolute atomic E-state index is 0.376. The Morgan fingerprint density at radius 3 is 2.26 bits per heavy atom.